The van der Waals surface area contributed by atoms with Crippen LogP contribution in [0.4, 0.5) is 11.4 Å². The number of fused-ring (bicyclic) bond motifs is 1. The molecule has 1 heterocycles. The molecule has 3 rings (SSSR count). The Kier molecular flexibility index (Phi) is 6.96. The Balaban J connectivity index is 1.51. The Morgan fingerprint density at radius 2 is 2.00 bits per heavy atom. The van der Waals surface area contributed by atoms with Gasteiger partial charge in [-0.1, -0.05) is 6.92 Å². The number of thiophene rings is 1. The smallest absolute Gasteiger partial charge is 0.348 e. The number of carbonyl (C=O) groups excluding carboxylic acids is 2. The number of carbonyl (C=O) groups is 2. The molecule has 0 aliphatic heterocycles. The minimum Gasteiger partial charge on any atom is -0.451 e. The number of rotatable bonds is 7. The van der Waals surface area contributed by atoms with Gasteiger partial charge < -0.3 is 15.0 Å². The molecule has 2 aromatic rings. The lowest BCUT2D eigenvalue weighted by Crippen LogP contribution is -2.30. The molecule has 6 heteroatoms. The summed E-state index contributed by atoms with van der Waals surface area (Å²) >= 11 is 1.50. The summed E-state index contributed by atoms with van der Waals surface area (Å²) in [6, 6.07) is 10.1. The first kappa shape index (κ1) is 21.4. The number of esters is 1. The highest BCUT2D eigenvalue weighted by Gasteiger charge is 2.21. The van der Waals surface area contributed by atoms with Crippen molar-refractivity contribution in [2.45, 2.75) is 53.0 Å². The van der Waals surface area contributed by atoms with E-state index in [0.29, 0.717) is 22.5 Å². The summed E-state index contributed by atoms with van der Waals surface area (Å²) < 4.78 is 5.23. The van der Waals surface area contributed by atoms with Gasteiger partial charge in [0.1, 0.15) is 4.88 Å². The fourth-order valence-corrected chi connectivity index (χ4v) is 4.89. The van der Waals surface area contributed by atoms with E-state index in [-0.39, 0.29) is 12.5 Å². The van der Waals surface area contributed by atoms with Crippen LogP contribution >= 0.6 is 11.3 Å². The third-order valence-corrected chi connectivity index (χ3v) is 6.53. The third-order valence-electron chi connectivity index (χ3n) is 5.31. The zero-order valence-corrected chi connectivity index (χ0v) is 18.5. The predicted octanol–water partition coefficient (Wildman–Crippen LogP) is 4.90. The number of amides is 1. The lowest BCUT2D eigenvalue weighted by atomic mass is 9.90. The number of aryl methyl sites for hydroxylation is 1. The summed E-state index contributed by atoms with van der Waals surface area (Å²) in [6.07, 6.45) is 3.20. The number of anilines is 2. The first-order valence-electron chi connectivity index (χ1n) is 10.3. The SMILES string of the molecule is CCN(c1ccc(NC(=O)COC(=O)c2cc3c(s2)CC[C@@H](C)C3)cc1)C(C)C. The van der Waals surface area contributed by atoms with Crippen LogP contribution in [0.2, 0.25) is 0 Å². The molecule has 1 aliphatic carbocycles. The minimum atomic E-state index is -0.418. The maximum Gasteiger partial charge on any atom is 0.348 e. The number of benzene rings is 1. The largest absolute Gasteiger partial charge is 0.451 e. The van der Waals surface area contributed by atoms with E-state index in [1.165, 1.54) is 21.8 Å². The monoisotopic (exact) mass is 414 g/mol. The van der Waals surface area contributed by atoms with Gasteiger partial charge in [-0.05, 0) is 81.8 Å². The summed E-state index contributed by atoms with van der Waals surface area (Å²) in [4.78, 5) is 28.6. The summed E-state index contributed by atoms with van der Waals surface area (Å²) in [6.45, 7) is 9.29. The van der Waals surface area contributed by atoms with Gasteiger partial charge in [0, 0.05) is 28.8 Å². The number of nitrogens with one attached hydrogen (secondary N) is 1. The van der Waals surface area contributed by atoms with Crippen molar-refractivity contribution in [3.63, 3.8) is 0 Å². The Morgan fingerprint density at radius 3 is 2.66 bits per heavy atom. The fourth-order valence-electron chi connectivity index (χ4n) is 3.79. The molecule has 1 aromatic heterocycles. The van der Waals surface area contributed by atoms with Gasteiger partial charge >= 0.3 is 5.97 Å². The molecule has 156 valence electrons. The second-order valence-corrected chi connectivity index (χ2v) is 9.09. The van der Waals surface area contributed by atoms with Crippen LogP contribution < -0.4 is 10.2 Å². The highest BCUT2D eigenvalue weighted by atomic mass is 32.1. The van der Waals surface area contributed by atoms with Crippen molar-refractivity contribution in [3.8, 4) is 0 Å². The maximum atomic E-state index is 12.3. The molecule has 1 aromatic carbocycles. The topological polar surface area (TPSA) is 58.6 Å². The fraction of sp³-hybridized carbons (Fsp3) is 0.478. The maximum absolute atomic E-state index is 12.3. The molecule has 0 unspecified atom stereocenters. The average Bonchev–Trinajstić information content (AvgIpc) is 3.11. The number of hydrogen-bond donors (Lipinski definition) is 1. The second-order valence-electron chi connectivity index (χ2n) is 7.96. The molecule has 1 atom stereocenters. The third kappa shape index (κ3) is 5.38. The van der Waals surface area contributed by atoms with Crippen molar-refractivity contribution < 1.29 is 14.3 Å². The van der Waals surface area contributed by atoms with Crippen molar-refractivity contribution in [2.75, 3.05) is 23.4 Å². The van der Waals surface area contributed by atoms with Crippen molar-refractivity contribution in [1.82, 2.24) is 0 Å². The Morgan fingerprint density at radius 1 is 1.28 bits per heavy atom. The van der Waals surface area contributed by atoms with Gasteiger partial charge in [-0.2, -0.15) is 0 Å². The van der Waals surface area contributed by atoms with Crippen molar-refractivity contribution >= 4 is 34.6 Å². The molecule has 0 saturated carbocycles. The van der Waals surface area contributed by atoms with Gasteiger partial charge in [0.15, 0.2) is 6.61 Å². The summed E-state index contributed by atoms with van der Waals surface area (Å²) in [5.41, 5.74) is 3.06. The summed E-state index contributed by atoms with van der Waals surface area (Å²) in [5.74, 6) is -0.0987. The molecule has 5 nitrogen and oxygen atoms in total. The van der Waals surface area contributed by atoms with E-state index >= 15 is 0 Å². The van der Waals surface area contributed by atoms with E-state index in [1.807, 2.05) is 30.3 Å². The minimum absolute atomic E-state index is 0.285. The van der Waals surface area contributed by atoms with Crippen molar-refractivity contribution in [3.05, 3.63) is 45.6 Å². The van der Waals surface area contributed by atoms with Crippen LogP contribution in [0, 0.1) is 5.92 Å². The van der Waals surface area contributed by atoms with Crippen LogP contribution in [0.25, 0.3) is 0 Å². The van der Waals surface area contributed by atoms with Gasteiger partial charge in [0.05, 0.1) is 0 Å². The zero-order chi connectivity index (χ0) is 21.0. The zero-order valence-electron chi connectivity index (χ0n) is 17.7. The van der Waals surface area contributed by atoms with E-state index in [1.54, 1.807) is 0 Å². The highest BCUT2D eigenvalue weighted by molar-refractivity contribution is 7.14. The molecular formula is C23H30N2O3S. The molecule has 0 radical (unpaired) electrons. The van der Waals surface area contributed by atoms with Gasteiger partial charge in [0.25, 0.3) is 5.91 Å². The van der Waals surface area contributed by atoms with E-state index in [4.69, 9.17) is 4.74 Å². The molecule has 0 spiro atoms. The predicted molar refractivity (Wildman–Crippen MR) is 119 cm³/mol. The number of ether oxygens (including phenoxy) is 1. The van der Waals surface area contributed by atoms with Gasteiger partial charge in [-0.25, -0.2) is 4.79 Å². The Labute approximate surface area is 177 Å². The van der Waals surface area contributed by atoms with Crippen LogP contribution in [0.1, 0.15) is 54.2 Å². The molecule has 0 saturated heterocycles. The number of hydrogen-bond acceptors (Lipinski definition) is 5. The first-order chi connectivity index (χ1) is 13.9. The number of nitrogens with zero attached hydrogens (tertiary/aromatic N) is 1. The highest BCUT2D eigenvalue weighted by Crippen LogP contribution is 2.32. The molecule has 1 aliphatic rings. The first-order valence-corrected chi connectivity index (χ1v) is 11.1. The standard InChI is InChI=1S/C23H30N2O3S/c1-5-25(15(2)3)19-9-7-18(8-10-19)24-22(26)14-28-23(27)21-13-17-12-16(4)6-11-20(17)29-21/h7-10,13,15-16H,5-6,11-12,14H2,1-4H3,(H,24,26)/t16-/m1/s1. The average molecular weight is 415 g/mol. The molecule has 0 bridgehead atoms. The van der Waals surface area contributed by atoms with Gasteiger partial charge in [0.2, 0.25) is 0 Å². The van der Waals surface area contributed by atoms with Crippen molar-refractivity contribution in [2.24, 2.45) is 5.92 Å². The van der Waals surface area contributed by atoms with Gasteiger partial charge in [-0.3, -0.25) is 4.79 Å². The van der Waals surface area contributed by atoms with Crippen LogP contribution in [0.3, 0.4) is 0 Å². The molecule has 29 heavy (non-hydrogen) atoms. The molecule has 1 N–H and O–H groups in total. The summed E-state index contributed by atoms with van der Waals surface area (Å²) in [5, 5.41) is 2.79. The summed E-state index contributed by atoms with van der Waals surface area (Å²) in [7, 11) is 0. The molecule has 1 amide bonds. The molecule has 0 fully saturated rings. The van der Waals surface area contributed by atoms with E-state index < -0.39 is 5.97 Å². The van der Waals surface area contributed by atoms with Crippen LogP contribution in [-0.2, 0) is 22.4 Å². The van der Waals surface area contributed by atoms with Crippen LogP contribution in [0.5, 0.6) is 0 Å². The quantitative estimate of drug-likeness (QED) is 0.655. The Hall–Kier alpha value is -2.34. The van der Waals surface area contributed by atoms with Crippen LogP contribution in [0.15, 0.2) is 30.3 Å². The van der Waals surface area contributed by atoms with Crippen LogP contribution in [-0.4, -0.2) is 31.1 Å². The van der Waals surface area contributed by atoms with E-state index in [0.717, 1.165) is 31.5 Å². The van der Waals surface area contributed by atoms with E-state index in [9.17, 15) is 9.59 Å². The van der Waals surface area contributed by atoms with Crippen molar-refractivity contribution in [1.29, 1.82) is 0 Å². The van der Waals surface area contributed by atoms with Gasteiger partial charge in [-0.15, -0.1) is 11.3 Å². The lowest BCUT2D eigenvalue weighted by molar-refractivity contribution is -0.119. The Bertz CT molecular complexity index is 858. The van der Waals surface area contributed by atoms with E-state index in [2.05, 4.69) is 37.9 Å². The second kappa shape index (κ2) is 9.44. The molecular weight excluding hydrogens is 384 g/mol. The normalized spacial score (nSPS) is 15.7. The lowest BCUT2D eigenvalue weighted by Gasteiger charge is -2.27.